The third kappa shape index (κ3) is 2.77. The highest BCUT2D eigenvalue weighted by Crippen LogP contribution is 2.31. The van der Waals surface area contributed by atoms with Gasteiger partial charge in [-0.25, -0.2) is 9.37 Å². The third-order valence-corrected chi connectivity index (χ3v) is 4.38. The molecule has 0 radical (unpaired) electrons. The number of rotatable bonds is 3. The summed E-state index contributed by atoms with van der Waals surface area (Å²) in [6.45, 7) is 4.03. The van der Waals surface area contributed by atoms with Crippen LogP contribution in [0.25, 0.3) is 0 Å². The predicted octanol–water partition coefficient (Wildman–Crippen LogP) is 4.53. The lowest BCUT2D eigenvalue weighted by molar-refractivity contribution is 0.624. The van der Waals surface area contributed by atoms with Crippen molar-refractivity contribution in [2.45, 2.75) is 20.3 Å². The van der Waals surface area contributed by atoms with Crippen LogP contribution in [0.15, 0.2) is 16.6 Å². The standard InChI is InChI=1S/C13H11BrFN3S/c1-3-9-7(2)19-13(17-9)18-10-5-4-8(6-16)11(14)12(10)15/h4-5H,3H2,1-2H3,(H,17,18). The highest BCUT2D eigenvalue weighted by atomic mass is 79.9. The molecule has 2 rings (SSSR count). The number of hydrogen-bond acceptors (Lipinski definition) is 4. The second-order valence-corrected chi connectivity index (χ2v) is 5.90. The zero-order valence-electron chi connectivity index (χ0n) is 10.4. The molecule has 3 nitrogen and oxygen atoms in total. The first-order valence-corrected chi connectivity index (χ1v) is 7.29. The maximum Gasteiger partial charge on any atom is 0.187 e. The molecule has 19 heavy (non-hydrogen) atoms. The van der Waals surface area contributed by atoms with Gasteiger partial charge < -0.3 is 5.32 Å². The van der Waals surface area contributed by atoms with Gasteiger partial charge in [-0.2, -0.15) is 5.26 Å². The molecule has 0 saturated carbocycles. The molecule has 2 aromatic rings. The first-order chi connectivity index (χ1) is 9.06. The Hall–Kier alpha value is -1.45. The average molecular weight is 340 g/mol. The average Bonchev–Trinajstić information content (AvgIpc) is 2.75. The molecule has 0 atom stereocenters. The molecule has 0 unspecified atom stereocenters. The molecule has 1 N–H and O–H groups in total. The van der Waals surface area contributed by atoms with E-state index in [-0.39, 0.29) is 10.0 Å². The Balaban J connectivity index is 2.33. The van der Waals surface area contributed by atoms with E-state index < -0.39 is 5.82 Å². The van der Waals surface area contributed by atoms with Crippen molar-refractivity contribution in [2.75, 3.05) is 5.32 Å². The predicted molar refractivity (Wildman–Crippen MR) is 78.3 cm³/mol. The van der Waals surface area contributed by atoms with E-state index in [1.807, 2.05) is 19.9 Å². The third-order valence-electron chi connectivity index (χ3n) is 2.67. The van der Waals surface area contributed by atoms with Crippen LogP contribution in [0.1, 0.15) is 23.1 Å². The molecule has 0 spiro atoms. The molecule has 0 saturated heterocycles. The summed E-state index contributed by atoms with van der Waals surface area (Å²) in [7, 11) is 0. The number of benzene rings is 1. The molecule has 1 heterocycles. The van der Waals surface area contributed by atoms with Crippen LogP contribution in [0.4, 0.5) is 15.2 Å². The lowest BCUT2D eigenvalue weighted by atomic mass is 10.2. The van der Waals surface area contributed by atoms with Crippen LogP contribution >= 0.6 is 27.3 Å². The molecule has 0 aliphatic heterocycles. The molecule has 98 valence electrons. The lowest BCUT2D eigenvalue weighted by Crippen LogP contribution is -1.96. The minimum atomic E-state index is -0.482. The summed E-state index contributed by atoms with van der Waals surface area (Å²) in [4.78, 5) is 5.52. The number of nitrogens with one attached hydrogen (secondary N) is 1. The summed E-state index contributed by atoms with van der Waals surface area (Å²) in [5.41, 5.74) is 1.59. The highest BCUT2D eigenvalue weighted by Gasteiger charge is 2.13. The Morgan fingerprint density at radius 2 is 2.26 bits per heavy atom. The molecular weight excluding hydrogens is 329 g/mol. The number of nitrogens with zero attached hydrogens (tertiary/aromatic N) is 2. The van der Waals surface area contributed by atoms with Gasteiger partial charge in [0.2, 0.25) is 0 Å². The van der Waals surface area contributed by atoms with Gasteiger partial charge in [-0.05, 0) is 41.4 Å². The van der Waals surface area contributed by atoms with Crippen LogP contribution < -0.4 is 5.32 Å². The van der Waals surface area contributed by atoms with Crippen molar-refractivity contribution < 1.29 is 4.39 Å². The van der Waals surface area contributed by atoms with Crippen LogP contribution in [-0.2, 0) is 6.42 Å². The van der Waals surface area contributed by atoms with Gasteiger partial charge in [-0.3, -0.25) is 0 Å². The van der Waals surface area contributed by atoms with Crippen LogP contribution in [0.3, 0.4) is 0 Å². The normalized spacial score (nSPS) is 10.3. The van der Waals surface area contributed by atoms with Gasteiger partial charge in [0.05, 0.1) is 21.4 Å². The van der Waals surface area contributed by atoms with Crippen molar-refractivity contribution in [1.29, 1.82) is 5.26 Å². The Morgan fingerprint density at radius 3 is 2.84 bits per heavy atom. The Bertz CT molecular complexity index is 661. The zero-order valence-corrected chi connectivity index (χ0v) is 12.8. The minimum Gasteiger partial charge on any atom is -0.329 e. The van der Waals surface area contributed by atoms with Crippen LogP contribution in [0, 0.1) is 24.1 Å². The second-order valence-electron chi connectivity index (χ2n) is 3.90. The van der Waals surface area contributed by atoms with Gasteiger partial charge in [0.15, 0.2) is 10.9 Å². The van der Waals surface area contributed by atoms with E-state index in [1.165, 1.54) is 11.3 Å². The van der Waals surface area contributed by atoms with Gasteiger partial charge in [-0.15, -0.1) is 11.3 Å². The summed E-state index contributed by atoms with van der Waals surface area (Å²) in [5.74, 6) is -0.482. The minimum absolute atomic E-state index is 0.170. The van der Waals surface area contributed by atoms with E-state index >= 15 is 0 Å². The van der Waals surface area contributed by atoms with Crippen LogP contribution in [0.2, 0.25) is 0 Å². The Kier molecular flexibility index (Phi) is 4.17. The van der Waals surface area contributed by atoms with E-state index in [9.17, 15) is 4.39 Å². The highest BCUT2D eigenvalue weighted by molar-refractivity contribution is 9.10. The Morgan fingerprint density at radius 1 is 1.53 bits per heavy atom. The van der Waals surface area contributed by atoms with Crippen LogP contribution in [-0.4, -0.2) is 4.98 Å². The smallest absolute Gasteiger partial charge is 0.187 e. The number of nitriles is 1. The number of aromatic nitrogens is 1. The first kappa shape index (κ1) is 14.0. The molecule has 0 fully saturated rings. The molecule has 0 aliphatic rings. The summed E-state index contributed by atoms with van der Waals surface area (Å²) in [6.07, 6.45) is 0.851. The summed E-state index contributed by atoms with van der Waals surface area (Å²) in [6, 6.07) is 5.03. The van der Waals surface area contributed by atoms with Crippen molar-refractivity contribution in [3.63, 3.8) is 0 Å². The van der Waals surface area contributed by atoms with Gasteiger partial charge in [0.25, 0.3) is 0 Å². The van der Waals surface area contributed by atoms with E-state index in [0.29, 0.717) is 10.8 Å². The number of halogens is 2. The van der Waals surface area contributed by atoms with Gasteiger partial charge in [0.1, 0.15) is 6.07 Å². The van der Waals surface area contributed by atoms with Gasteiger partial charge in [-0.1, -0.05) is 6.92 Å². The van der Waals surface area contributed by atoms with E-state index in [0.717, 1.165) is 17.0 Å². The molecule has 0 bridgehead atoms. The van der Waals surface area contributed by atoms with Crippen molar-refractivity contribution >= 4 is 38.1 Å². The molecule has 0 aliphatic carbocycles. The fourth-order valence-corrected chi connectivity index (χ4v) is 3.01. The number of aryl methyl sites for hydroxylation is 2. The van der Waals surface area contributed by atoms with Gasteiger partial charge >= 0.3 is 0 Å². The summed E-state index contributed by atoms with van der Waals surface area (Å²) >= 11 is 4.57. The fraction of sp³-hybridized carbons (Fsp3) is 0.231. The molecule has 6 heteroatoms. The van der Waals surface area contributed by atoms with Crippen molar-refractivity contribution in [2.24, 2.45) is 0 Å². The van der Waals surface area contributed by atoms with E-state index in [2.05, 4.69) is 26.2 Å². The summed E-state index contributed by atoms with van der Waals surface area (Å²) < 4.78 is 14.2. The zero-order chi connectivity index (χ0) is 14.0. The van der Waals surface area contributed by atoms with Crippen molar-refractivity contribution in [1.82, 2.24) is 4.98 Å². The van der Waals surface area contributed by atoms with Crippen molar-refractivity contribution in [3.05, 3.63) is 38.6 Å². The molecule has 0 amide bonds. The van der Waals surface area contributed by atoms with Crippen LogP contribution in [0.5, 0.6) is 0 Å². The maximum absolute atomic E-state index is 14.0. The molecule has 1 aromatic carbocycles. The topological polar surface area (TPSA) is 48.7 Å². The molecular formula is C13H11BrFN3S. The van der Waals surface area contributed by atoms with E-state index in [1.54, 1.807) is 12.1 Å². The maximum atomic E-state index is 14.0. The van der Waals surface area contributed by atoms with Crippen molar-refractivity contribution in [3.8, 4) is 6.07 Å². The second kappa shape index (κ2) is 5.68. The monoisotopic (exact) mass is 339 g/mol. The van der Waals surface area contributed by atoms with E-state index in [4.69, 9.17) is 5.26 Å². The first-order valence-electron chi connectivity index (χ1n) is 5.68. The molecule has 1 aromatic heterocycles. The Labute approximate surface area is 123 Å². The largest absolute Gasteiger partial charge is 0.329 e. The number of hydrogen-bond donors (Lipinski definition) is 1. The van der Waals surface area contributed by atoms with Gasteiger partial charge in [0, 0.05) is 4.88 Å². The SMILES string of the molecule is CCc1nc(Nc2ccc(C#N)c(Br)c2F)sc1C. The fourth-order valence-electron chi connectivity index (χ4n) is 1.66. The number of thiazole rings is 1. The lowest BCUT2D eigenvalue weighted by Gasteiger charge is -2.06. The quantitative estimate of drug-likeness (QED) is 0.893. The summed E-state index contributed by atoms with van der Waals surface area (Å²) in [5, 5.41) is 12.4. The number of anilines is 2.